The highest BCUT2D eigenvalue weighted by Gasteiger charge is 2.40. The molecule has 2 amide bonds. The monoisotopic (exact) mass is 272 g/mol. The summed E-state index contributed by atoms with van der Waals surface area (Å²) in [6.45, 7) is 1.66. The van der Waals surface area contributed by atoms with Gasteiger partial charge >= 0.3 is 24.3 Å². The molecule has 0 aliphatic rings. The van der Waals surface area contributed by atoms with Crippen LogP contribution in [0.1, 0.15) is 6.42 Å². The number of nitrogens with one attached hydrogen (secondary N) is 2. The first-order chi connectivity index (χ1) is 8.20. The van der Waals surface area contributed by atoms with Gasteiger partial charge in [0.15, 0.2) is 0 Å². The van der Waals surface area contributed by atoms with E-state index in [1.165, 1.54) is 11.4 Å². The third-order valence-corrected chi connectivity index (χ3v) is 1.81. The van der Waals surface area contributed by atoms with Gasteiger partial charge in [0.2, 0.25) is 0 Å². The second-order valence-corrected chi connectivity index (χ2v) is 3.30. The number of amides is 2. The highest BCUT2D eigenvalue weighted by Crippen LogP contribution is 2.21. The number of hydrogen-bond donors (Lipinski definition) is 3. The summed E-state index contributed by atoms with van der Waals surface area (Å²) in [6, 6.07) is -2.63. The summed E-state index contributed by atoms with van der Waals surface area (Å²) in [7, 11) is 0. The highest BCUT2D eigenvalue weighted by atomic mass is 19.3. The average Bonchev–Trinajstić information content (AvgIpc) is 2.25. The molecule has 5 nitrogen and oxygen atoms in total. The first kappa shape index (κ1) is 16.2. The molecule has 0 aromatic carbocycles. The molecule has 0 bridgehead atoms. The molecule has 0 aromatic rings. The van der Waals surface area contributed by atoms with Crippen LogP contribution in [0, 0.1) is 0 Å². The van der Waals surface area contributed by atoms with Gasteiger partial charge < -0.3 is 15.7 Å². The molecule has 9 heteroatoms. The van der Waals surface area contributed by atoms with Crippen LogP contribution in [-0.4, -0.2) is 42.0 Å². The molecule has 3 N–H and O–H groups in total. The molecule has 0 heterocycles. The van der Waals surface area contributed by atoms with Gasteiger partial charge in [-0.05, 0) is 6.42 Å². The van der Waals surface area contributed by atoms with E-state index >= 15 is 0 Å². The average molecular weight is 272 g/mol. The minimum Gasteiger partial charge on any atom is -0.480 e. The second-order valence-electron chi connectivity index (χ2n) is 3.30. The Bertz CT molecular complexity index is 323. The van der Waals surface area contributed by atoms with Crippen molar-refractivity contribution in [3.63, 3.8) is 0 Å². The molecule has 1 unspecified atom stereocenters. The topological polar surface area (TPSA) is 78.4 Å². The molecule has 0 aromatic heterocycles. The molecule has 0 saturated heterocycles. The van der Waals surface area contributed by atoms with Crippen LogP contribution in [0.3, 0.4) is 0 Å². The number of carboxylic acid groups (broad SMARTS) is 1. The van der Waals surface area contributed by atoms with E-state index < -0.39 is 36.9 Å². The fourth-order valence-corrected chi connectivity index (χ4v) is 0.873. The zero-order chi connectivity index (χ0) is 14.3. The van der Waals surface area contributed by atoms with Crippen molar-refractivity contribution >= 4 is 12.0 Å². The number of alkyl halides is 4. The molecule has 18 heavy (non-hydrogen) atoms. The van der Waals surface area contributed by atoms with Crippen molar-refractivity contribution in [3.05, 3.63) is 12.7 Å². The fraction of sp³-hybridized carbons (Fsp3) is 0.556. The highest BCUT2D eigenvalue weighted by molar-refractivity contribution is 5.82. The first-order valence-electron chi connectivity index (χ1n) is 4.74. The van der Waals surface area contributed by atoms with E-state index in [4.69, 9.17) is 5.11 Å². The lowest BCUT2D eigenvalue weighted by Gasteiger charge is -2.17. The Balaban J connectivity index is 4.26. The van der Waals surface area contributed by atoms with Crippen molar-refractivity contribution in [1.29, 1.82) is 0 Å². The van der Waals surface area contributed by atoms with E-state index in [-0.39, 0.29) is 6.42 Å². The Hall–Kier alpha value is -1.80. The maximum Gasteiger partial charge on any atom is 0.326 e. The Labute approximate surface area is 99.8 Å². The normalized spacial score (nSPS) is 12.9. The summed E-state index contributed by atoms with van der Waals surface area (Å²) < 4.78 is 48.3. The van der Waals surface area contributed by atoms with E-state index in [1.807, 2.05) is 5.32 Å². The van der Waals surface area contributed by atoms with Crippen LogP contribution < -0.4 is 10.6 Å². The minimum absolute atomic E-state index is 0.131. The number of rotatable bonds is 7. The molecule has 1 atom stereocenters. The van der Waals surface area contributed by atoms with E-state index in [1.54, 1.807) is 0 Å². The Morgan fingerprint density at radius 3 is 2.33 bits per heavy atom. The van der Waals surface area contributed by atoms with Crippen LogP contribution >= 0.6 is 0 Å². The van der Waals surface area contributed by atoms with Gasteiger partial charge in [-0.25, -0.2) is 18.4 Å². The zero-order valence-corrected chi connectivity index (χ0v) is 9.13. The lowest BCUT2D eigenvalue weighted by atomic mass is 10.2. The number of carbonyl (C=O) groups is 2. The largest absolute Gasteiger partial charge is 0.480 e. The van der Waals surface area contributed by atoms with Gasteiger partial charge in [-0.3, -0.25) is 0 Å². The van der Waals surface area contributed by atoms with Crippen LogP contribution in [0.5, 0.6) is 0 Å². The molecular formula is C9H12F4N2O3. The molecule has 0 radical (unpaired) electrons. The molecular weight excluding hydrogens is 260 g/mol. The van der Waals surface area contributed by atoms with Crippen LogP contribution in [0.15, 0.2) is 12.7 Å². The number of hydrogen-bond acceptors (Lipinski definition) is 2. The maximum atomic E-state index is 12.4. The van der Waals surface area contributed by atoms with Crippen molar-refractivity contribution < 1.29 is 32.3 Å². The maximum absolute atomic E-state index is 12.4. The lowest BCUT2D eigenvalue weighted by Crippen LogP contribution is -2.49. The summed E-state index contributed by atoms with van der Waals surface area (Å²) in [5.41, 5.74) is 0. The second kappa shape index (κ2) is 6.82. The molecule has 0 fully saturated rings. The predicted octanol–water partition coefficient (Wildman–Crippen LogP) is 1.22. The van der Waals surface area contributed by atoms with Gasteiger partial charge in [-0.1, -0.05) is 6.08 Å². The van der Waals surface area contributed by atoms with Crippen LogP contribution in [0.2, 0.25) is 0 Å². The first-order valence-corrected chi connectivity index (χ1v) is 4.74. The van der Waals surface area contributed by atoms with E-state index in [9.17, 15) is 27.2 Å². The molecule has 0 spiro atoms. The number of aliphatic carboxylic acids is 1. The standard InChI is InChI=1S/C9H12F4N2O3/c1-2-3-5(6(16)17)15-8(18)14-4-9(12,13)7(10)11/h2,5,7H,1,3-4H2,(H,16,17)(H2,14,15,18). The van der Waals surface area contributed by atoms with Crippen molar-refractivity contribution in [3.8, 4) is 0 Å². The van der Waals surface area contributed by atoms with Gasteiger partial charge in [0.1, 0.15) is 6.04 Å². The Morgan fingerprint density at radius 2 is 1.94 bits per heavy atom. The van der Waals surface area contributed by atoms with E-state index in [0.717, 1.165) is 0 Å². The predicted molar refractivity (Wildman–Crippen MR) is 53.7 cm³/mol. The molecule has 0 saturated carbocycles. The third-order valence-electron chi connectivity index (χ3n) is 1.81. The van der Waals surface area contributed by atoms with E-state index in [0.29, 0.717) is 0 Å². The Morgan fingerprint density at radius 1 is 1.39 bits per heavy atom. The summed E-state index contributed by atoms with van der Waals surface area (Å²) in [6.07, 6.45) is -2.85. The minimum atomic E-state index is -4.37. The number of carbonyl (C=O) groups excluding carboxylic acids is 1. The van der Waals surface area contributed by atoms with E-state index in [2.05, 4.69) is 6.58 Å². The van der Waals surface area contributed by atoms with Crippen molar-refractivity contribution in [1.82, 2.24) is 10.6 Å². The van der Waals surface area contributed by atoms with Crippen molar-refractivity contribution in [2.24, 2.45) is 0 Å². The third kappa shape index (κ3) is 5.51. The van der Waals surface area contributed by atoms with Crippen LogP contribution in [-0.2, 0) is 4.79 Å². The number of halogens is 4. The van der Waals surface area contributed by atoms with Crippen molar-refractivity contribution in [2.75, 3.05) is 6.54 Å². The van der Waals surface area contributed by atoms with Crippen LogP contribution in [0.25, 0.3) is 0 Å². The smallest absolute Gasteiger partial charge is 0.326 e. The summed E-state index contributed by atoms with van der Waals surface area (Å²) >= 11 is 0. The SMILES string of the molecule is C=CCC(NC(=O)NCC(F)(F)C(F)F)C(=O)O. The lowest BCUT2D eigenvalue weighted by molar-refractivity contribution is -0.139. The van der Waals surface area contributed by atoms with Crippen LogP contribution in [0.4, 0.5) is 22.4 Å². The van der Waals surface area contributed by atoms with Crippen molar-refractivity contribution in [2.45, 2.75) is 24.8 Å². The summed E-state index contributed by atoms with van der Waals surface area (Å²) in [5, 5.41) is 11.9. The van der Waals surface area contributed by atoms with Gasteiger partial charge in [-0.2, -0.15) is 8.78 Å². The van der Waals surface area contributed by atoms with Gasteiger partial charge in [0.25, 0.3) is 0 Å². The summed E-state index contributed by atoms with van der Waals surface area (Å²) in [4.78, 5) is 21.6. The van der Waals surface area contributed by atoms with Gasteiger partial charge in [0.05, 0.1) is 6.54 Å². The molecule has 0 rings (SSSR count). The fourth-order valence-electron chi connectivity index (χ4n) is 0.873. The Kier molecular flexibility index (Phi) is 6.14. The molecule has 0 aliphatic heterocycles. The quantitative estimate of drug-likeness (QED) is 0.481. The molecule has 0 aliphatic carbocycles. The van der Waals surface area contributed by atoms with Gasteiger partial charge in [-0.15, -0.1) is 6.58 Å². The zero-order valence-electron chi connectivity index (χ0n) is 9.13. The van der Waals surface area contributed by atoms with Gasteiger partial charge in [0, 0.05) is 0 Å². The summed E-state index contributed by atoms with van der Waals surface area (Å²) in [5.74, 6) is -5.76. The number of carboxylic acids is 1. The number of urea groups is 1. The molecule has 104 valence electrons.